The summed E-state index contributed by atoms with van der Waals surface area (Å²) in [6.07, 6.45) is 1.82. The van der Waals surface area contributed by atoms with Gasteiger partial charge in [0.2, 0.25) is 0 Å². The van der Waals surface area contributed by atoms with Crippen LogP contribution in [0.3, 0.4) is 0 Å². The van der Waals surface area contributed by atoms with Crippen molar-refractivity contribution >= 4 is 0 Å². The van der Waals surface area contributed by atoms with Gasteiger partial charge >= 0.3 is 0 Å². The van der Waals surface area contributed by atoms with Gasteiger partial charge in [-0.3, -0.25) is 0 Å². The smallest absolute Gasteiger partial charge is 0.0635 e. The third-order valence-electron chi connectivity index (χ3n) is 1.73. The molecule has 1 rings (SSSR count). The van der Waals surface area contributed by atoms with Crippen LogP contribution in [0, 0.1) is 11.3 Å². The molecule has 0 bridgehead atoms. The predicted octanol–water partition coefficient (Wildman–Crippen LogP) is -0.148. The normalized spacial score (nSPS) is 24.5. The number of hydrogen-bond donors (Lipinski definition) is 2. The first-order valence-corrected chi connectivity index (χ1v) is 3.74. The molecule has 0 spiro atoms. The molecule has 10 heavy (non-hydrogen) atoms. The summed E-state index contributed by atoms with van der Waals surface area (Å²) in [6, 6.07) is 2.71. The van der Waals surface area contributed by atoms with Crippen LogP contribution < -0.4 is 10.6 Å². The van der Waals surface area contributed by atoms with Crippen molar-refractivity contribution in [1.82, 2.24) is 10.6 Å². The minimum absolute atomic E-state index is 0.605. The lowest BCUT2D eigenvalue weighted by molar-refractivity contribution is 0.555. The molecular weight excluding hydrogens is 126 g/mol. The van der Waals surface area contributed by atoms with Crippen LogP contribution in [-0.2, 0) is 0 Å². The second kappa shape index (κ2) is 4.26. The van der Waals surface area contributed by atoms with Gasteiger partial charge in [-0.05, 0) is 13.0 Å². The zero-order valence-corrected chi connectivity index (χ0v) is 6.06. The Morgan fingerprint density at radius 1 is 1.70 bits per heavy atom. The highest BCUT2D eigenvalue weighted by Gasteiger charge is 2.11. The molecule has 2 N–H and O–H groups in total. The van der Waals surface area contributed by atoms with Crippen molar-refractivity contribution in [1.29, 1.82) is 5.26 Å². The highest BCUT2D eigenvalue weighted by molar-refractivity contribution is 4.79. The Morgan fingerprint density at radius 3 is 3.20 bits per heavy atom. The summed E-state index contributed by atoms with van der Waals surface area (Å²) in [5.41, 5.74) is 0. The van der Waals surface area contributed by atoms with Gasteiger partial charge in [0.1, 0.15) is 0 Å². The van der Waals surface area contributed by atoms with E-state index in [0.29, 0.717) is 12.5 Å². The van der Waals surface area contributed by atoms with Crippen LogP contribution in [-0.4, -0.2) is 25.7 Å². The molecule has 1 fully saturated rings. The summed E-state index contributed by atoms with van der Waals surface area (Å²) in [6.45, 7) is 3.01. The summed E-state index contributed by atoms with van der Waals surface area (Å²) in [7, 11) is 0. The Kier molecular flexibility index (Phi) is 3.20. The van der Waals surface area contributed by atoms with E-state index in [4.69, 9.17) is 5.26 Å². The van der Waals surface area contributed by atoms with Crippen molar-refractivity contribution in [3.8, 4) is 6.07 Å². The molecule has 1 saturated heterocycles. The van der Waals surface area contributed by atoms with E-state index in [9.17, 15) is 0 Å². The van der Waals surface area contributed by atoms with E-state index in [1.165, 1.54) is 6.42 Å². The summed E-state index contributed by atoms with van der Waals surface area (Å²) < 4.78 is 0. The van der Waals surface area contributed by atoms with Crippen LogP contribution >= 0.6 is 0 Å². The Bertz CT molecular complexity index is 121. The Hall–Kier alpha value is -0.590. The van der Waals surface area contributed by atoms with Crippen molar-refractivity contribution < 1.29 is 0 Å². The second-order valence-electron chi connectivity index (χ2n) is 2.55. The molecule has 0 unspecified atom stereocenters. The van der Waals surface area contributed by atoms with Crippen LogP contribution in [0.5, 0.6) is 0 Å². The second-order valence-corrected chi connectivity index (χ2v) is 2.55. The summed E-state index contributed by atoms with van der Waals surface area (Å²) >= 11 is 0. The molecule has 0 aliphatic carbocycles. The standard InChI is InChI=1S/C7H13N3/c8-3-1-4-10-7-2-5-9-6-7/h7,9-10H,1-2,4-6H2/t7-/m0/s1. The first-order chi connectivity index (χ1) is 4.93. The number of rotatable bonds is 3. The largest absolute Gasteiger partial charge is 0.315 e. The topological polar surface area (TPSA) is 47.9 Å². The van der Waals surface area contributed by atoms with Crippen LogP contribution in [0.15, 0.2) is 0 Å². The van der Waals surface area contributed by atoms with Gasteiger partial charge in [-0.15, -0.1) is 0 Å². The van der Waals surface area contributed by atoms with E-state index in [2.05, 4.69) is 16.7 Å². The van der Waals surface area contributed by atoms with Gasteiger partial charge in [-0.2, -0.15) is 5.26 Å². The lowest BCUT2D eigenvalue weighted by atomic mass is 10.2. The Balaban J connectivity index is 1.97. The SMILES string of the molecule is N#CCCN[C@H]1CCNC1. The minimum Gasteiger partial charge on any atom is -0.315 e. The maximum atomic E-state index is 8.23. The van der Waals surface area contributed by atoms with E-state index < -0.39 is 0 Å². The van der Waals surface area contributed by atoms with E-state index in [0.717, 1.165) is 19.6 Å². The van der Waals surface area contributed by atoms with Gasteiger partial charge in [-0.25, -0.2) is 0 Å². The minimum atomic E-state index is 0.605. The quantitative estimate of drug-likeness (QED) is 0.535. The van der Waals surface area contributed by atoms with E-state index >= 15 is 0 Å². The molecule has 0 saturated carbocycles. The molecule has 56 valence electrons. The fourth-order valence-corrected chi connectivity index (χ4v) is 1.16. The number of hydrogen-bond acceptors (Lipinski definition) is 3. The molecular formula is C7H13N3. The lowest BCUT2D eigenvalue weighted by Crippen LogP contribution is -2.31. The summed E-state index contributed by atoms with van der Waals surface area (Å²) in [5, 5.41) is 14.8. The van der Waals surface area contributed by atoms with E-state index in [1.54, 1.807) is 0 Å². The molecule has 0 aromatic heterocycles. The van der Waals surface area contributed by atoms with Crippen LogP contribution in [0.2, 0.25) is 0 Å². The molecule has 0 aromatic carbocycles. The number of nitriles is 1. The number of nitrogens with one attached hydrogen (secondary N) is 2. The maximum absolute atomic E-state index is 8.23. The van der Waals surface area contributed by atoms with Crippen LogP contribution in [0.4, 0.5) is 0 Å². The zero-order valence-electron chi connectivity index (χ0n) is 6.06. The molecule has 0 radical (unpaired) electrons. The Labute approximate surface area is 61.4 Å². The molecule has 3 nitrogen and oxygen atoms in total. The molecule has 3 heteroatoms. The Morgan fingerprint density at radius 2 is 2.60 bits per heavy atom. The van der Waals surface area contributed by atoms with Gasteiger partial charge < -0.3 is 10.6 Å². The molecule has 0 aromatic rings. The van der Waals surface area contributed by atoms with Crippen LogP contribution in [0.25, 0.3) is 0 Å². The van der Waals surface area contributed by atoms with E-state index in [1.807, 2.05) is 0 Å². The van der Waals surface area contributed by atoms with Crippen molar-refractivity contribution in [2.75, 3.05) is 19.6 Å². The summed E-state index contributed by atoms with van der Waals surface area (Å²) in [5.74, 6) is 0. The predicted molar refractivity (Wildman–Crippen MR) is 39.5 cm³/mol. The van der Waals surface area contributed by atoms with Gasteiger partial charge in [0.25, 0.3) is 0 Å². The van der Waals surface area contributed by atoms with Crippen molar-refractivity contribution in [2.24, 2.45) is 0 Å². The average Bonchev–Trinajstić information content (AvgIpc) is 2.41. The third kappa shape index (κ3) is 2.34. The highest BCUT2D eigenvalue weighted by atomic mass is 15.0. The van der Waals surface area contributed by atoms with Gasteiger partial charge in [0.05, 0.1) is 6.07 Å². The highest BCUT2D eigenvalue weighted by Crippen LogP contribution is 1.95. The summed E-state index contributed by atoms with van der Waals surface area (Å²) in [4.78, 5) is 0. The molecule has 1 atom stereocenters. The van der Waals surface area contributed by atoms with Crippen LogP contribution in [0.1, 0.15) is 12.8 Å². The fourth-order valence-electron chi connectivity index (χ4n) is 1.16. The molecule has 0 amide bonds. The van der Waals surface area contributed by atoms with E-state index in [-0.39, 0.29) is 0 Å². The van der Waals surface area contributed by atoms with Crippen molar-refractivity contribution in [2.45, 2.75) is 18.9 Å². The fraction of sp³-hybridized carbons (Fsp3) is 0.857. The molecule has 1 aliphatic heterocycles. The lowest BCUT2D eigenvalue weighted by Gasteiger charge is -2.07. The monoisotopic (exact) mass is 139 g/mol. The maximum Gasteiger partial charge on any atom is 0.0635 e. The third-order valence-corrected chi connectivity index (χ3v) is 1.73. The molecule has 1 heterocycles. The van der Waals surface area contributed by atoms with Gasteiger partial charge in [-0.1, -0.05) is 0 Å². The van der Waals surface area contributed by atoms with Gasteiger partial charge in [0, 0.05) is 25.6 Å². The first-order valence-electron chi connectivity index (χ1n) is 3.74. The van der Waals surface area contributed by atoms with Gasteiger partial charge in [0.15, 0.2) is 0 Å². The van der Waals surface area contributed by atoms with Crippen molar-refractivity contribution in [3.63, 3.8) is 0 Å². The molecule has 1 aliphatic rings. The van der Waals surface area contributed by atoms with Crippen molar-refractivity contribution in [3.05, 3.63) is 0 Å². The first kappa shape index (κ1) is 7.52. The average molecular weight is 139 g/mol. The number of nitrogens with zero attached hydrogens (tertiary/aromatic N) is 1. The zero-order chi connectivity index (χ0) is 7.23.